The molecule has 0 unspecified atom stereocenters. The third kappa shape index (κ3) is 7.45. The van der Waals surface area contributed by atoms with Crippen LogP contribution in [-0.4, -0.2) is 34.7 Å². The highest BCUT2D eigenvalue weighted by molar-refractivity contribution is 8.18. The van der Waals surface area contributed by atoms with Gasteiger partial charge in [-0.1, -0.05) is 74.4 Å². The summed E-state index contributed by atoms with van der Waals surface area (Å²) in [7, 11) is 0. The Kier molecular flexibility index (Phi) is 10.3. The fourth-order valence-electron chi connectivity index (χ4n) is 6.10. The Balaban J connectivity index is 1.45. The molecule has 0 bridgehead atoms. The van der Waals surface area contributed by atoms with Gasteiger partial charge in [0.25, 0.3) is 5.91 Å². The molecular formula is C35H44N2O3S. The van der Waals surface area contributed by atoms with Crippen LogP contribution in [0.15, 0.2) is 59.0 Å². The van der Waals surface area contributed by atoms with Gasteiger partial charge in [-0.15, -0.1) is 6.58 Å². The third-order valence-corrected chi connectivity index (χ3v) is 9.26. The quantitative estimate of drug-likeness (QED) is 0.211. The van der Waals surface area contributed by atoms with Crippen LogP contribution in [0.1, 0.15) is 93.4 Å². The average molecular weight is 573 g/mol. The molecule has 5 nitrogen and oxygen atoms in total. The Morgan fingerprint density at radius 1 is 1.00 bits per heavy atom. The SMILES string of the molecule is C=CCc1cc(C=C2SC(=NC3CCCCC3)N(C3CCCCC3)C2=O)cc(OCC)c1OCc1ccc(C)cc1. The number of carbonyl (C=O) groups is 1. The second-order valence-electron chi connectivity index (χ2n) is 11.5. The first-order valence-corrected chi connectivity index (χ1v) is 16.3. The molecule has 1 saturated heterocycles. The van der Waals surface area contributed by atoms with Crippen molar-refractivity contribution < 1.29 is 14.3 Å². The number of allylic oxidation sites excluding steroid dienone is 1. The van der Waals surface area contributed by atoms with E-state index in [-0.39, 0.29) is 11.9 Å². The summed E-state index contributed by atoms with van der Waals surface area (Å²) < 4.78 is 12.4. The van der Waals surface area contributed by atoms with Crippen molar-refractivity contribution in [3.63, 3.8) is 0 Å². The van der Waals surface area contributed by atoms with E-state index in [1.54, 1.807) is 11.8 Å². The van der Waals surface area contributed by atoms with Gasteiger partial charge in [0, 0.05) is 11.6 Å². The molecule has 2 aromatic carbocycles. The summed E-state index contributed by atoms with van der Waals surface area (Å²) in [6.07, 6.45) is 16.3. The zero-order chi connectivity index (χ0) is 28.6. The van der Waals surface area contributed by atoms with E-state index in [9.17, 15) is 4.79 Å². The van der Waals surface area contributed by atoms with Crippen LogP contribution in [0.4, 0.5) is 0 Å². The van der Waals surface area contributed by atoms with Crippen molar-refractivity contribution in [3.05, 3.63) is 76.2 Å². The zero-order valence-corrected chi connectivity index (χ0v) is 25.5. The minimum Gasteiger partial charge on any atom is -0.490 e. The molecule has 0 N–H and O–H groups in total. The minimum absolute atomic E-state index is 0.0967. The standard InChI is InChI=1S/C35H44N2O3S/c1-4-12-28-21-27(22-31(39-5-2)33(28)40-24-26-19-17-25(3)18-20-26)23-32-34(38)37(30-15-10-7-11-16-30)35(41-32)36-29-13-8-6-9-14-29/h4,17-23,29-30H,1,5-16,24H2,2-3H3. The molecule has 6 heteroatoms. The Hall–Kier alpha value is -2.99. The van der Waals surface area contributed by atoms with Crippen LogP contribution >= 0.6 is 11.8 Å². The first-order chi connectivity index (χ1) is 20.1. The summed E-state index contributed by atoms with van der Waals surface area (Å²) >= 11 is 1.56. The van der Waals surface area contributed by atoms with Crippen molar-refractivity contribution in [3.8, 4) is 11.5 Å². The van der Waals surface area contributed by atoms with Gasteiger partial charge in [0.1, 0.15) is 6.61 Å². The molecule has 218 valence electrons. The number of hydrogen-bond acceptors (Lipinski definition) is 5. The summed E-state index contributed by atoms with van der Waals surface area (Å²) in [6, 6.07) is 13.1. The maximum absolute atomic E-state index is 13.9. The summed E-state index contributed by atoms with van der Waals surface area (Å²) in [6.45, 7) is 9.02. The fourth-order valence-corrected chi connectivity index (χ4v) is 7.21. The molecule has 3 aliphatic rings. The van der Waals surface area contributed by atoms with Crippen molar-refractivity contribution >= 4 is 28.9 Å². The Bertz CT molecular complexity index is 1270. The molecule has 0 atom stereocenters. The zero-order valence-electron chi connectivity index (χ0n) is 24.7. The van der Waals surface area contributed by atoms with E-state index in [2.05, 4.69) is 43.8 Å². The van der Waals surface area contributed by atoms with E-state index in [0.29, 0.717) is 31.4 Å². The first-order valence-electron chi connectivity index (χ1n) is 15.5. The highest BCUT2D eigenvalue weighted by Gasteiger charge is 2.39. The van der Waals surface area contributed by atoms with E-state index < -0.39 is 0 Å². The monoisotopic (exact) mass is 572 g/mol. The fraction of sp³-hybridized carbons (Fsp3) is 0.486. The van der Waals surface area contributed by atoms with Gasteiger partial charge in [0.2, 0.25) is 0 Å². The van der Waals surface area contributed by atoms with E-state index in [1.165, 1.54) is 44.1 Å². The van der Waals surface area contributed by atoms with Crippen LogP contribution in [0.2, 0.25) is 0 Å². The Morgan fingerprint density at radius 3 is 2.39 bits per heavy atom. The van der Waals surface area contributed by atoms with Crippen LogP contribution in [0, 0.1) is 6.92 Å². The smallest absolute Gasteiger partial charge is 0.266 e. The first kappa shape index (κ1) is 29.5. The third-order valence-electron chi connectivity index (χ3n) is 8.26. The van der Waals surface area contributed by atoms with Gasteiger partial charge in [-0.05, 0) is 87.0 Å². The molecular weight excluding hydrogens is 528 g/mol. The second kappa shape index (κ2) is 14.3. The van der Waals surface area contributed by atoms with Crippen molar-refractivity contribution in [2.75, 3.05) is 6.61 Å². The lowest BCUT2D eigenvalue weighted by Gasteiger charge is -2.31. The molecule has 1 aliphatic heterocycles. The molecule has 3 fully saturated rings. The number of nitrogens with zero attached hydrogens (tertiary/aromatic N) is 2. The molecule has 1 heterocycles. The summed E-state index contributed by atoms with van der Waals surface area (Å²) in [4.78, 5) is 21.9. The molecule has 41 heavy (non-hydrogen) atoms. The molecule has 1 amide bonds. The van der Waals surface area contributed by atoms with E-state index in [1.807, 2.05) is 30.0 Å². The molecule has 0 radical (unpaired) electrons. The van der Waals surface area contributed by atoms with Gasteiger partial charge in [-0.25, -0.2) is 0 Å². The lowest BCUT2D eigenvalue weighted by molar-refractivity contribution is -0.124. The van der Waals surface area contributed by atoms with Crippen LogP contribution in [-0.2, 0) is 17.8 Å². The second-order valence-corrected chi connectivity index (χ2v) is 12.5. The summed E-state index contributed by atoms with van der Waals surface area (Å²) in [5.41, 5.74) is 4.27. The highest BCUT2D eigenvalue weighted by atomic mass is 32.2. The summed E-state index contributed by atoms with van der Waals surface area (Å²) in [5.74, 6) is 1.53. The number of ether oxygens (including phenoxy) is 2. The predicted octanol–water partition coefficient (Wildman–Crippen LogP) is 8.64. The number of amidine groups is 1. The van der Waals surface area contributed by atoms with E-state index in [4.69, 9.17) is 14.5 Å². The maximum Gasteiger partial charge on any atom is 0.266 e. The predicted molar refractivity (Wildman–Crippen MR) is 171 cm³/mol. The normalized spacial score (nSPS) is 20.6. The van der Waals surface area contributed by atoms with Gasteiger partial charge >= 0.3 is 0 Å². The average Bonchev–Trinajstić information content (AvgIpc) is 3.28. The van der Waals surface area contributed by atoms with Gasteiger partial charge in [0.15, 0.2) is 16.7 Å². The number of aliphatic imine (C=N–C) groups is 1. The summed E-state index contributed by atoms with van der Waals surface area (Å²) in [5, 5.41) is 0.912. The topological polar surface area (TPSA) is 51.1 Å². The lowest BCUT2D eigenvalue weighted by atomic mass is 9.94. The van der Waals surface area contributed by atoms with E-state index >= 15 is 0 Å². The van der Waals surface area contributed by atoms with Gasteiger partial charge < -0.3 is 9.47 Å². The number of thioether (sulfide) groups is 1. The largest absolute Gasteiger partial charge is 0.490 e. The maximum atomic E-state index is 13.9. The van der Waals surface area contributed by atoms with Crippen LogP contribution in [0.25, 0.3) is 6.08 Å². The van der Waals surface area contributed by atoms with Crippen molar-refractivity contribution in [1.29, 1.82) is 0 Å². The van der Waals surface area contributed by atoms with Gasteiger partial charge in [0.05, 0.1) is 17.6 Å². The molecule has 2 aromatic rings. The molecule has 0 aromatic heterocycles. The molecule has 2 aliphatic carbocycles. The van der Waals surface area contributed by atoms with E-state index in [0.717, 1.165) is 58.2 Å². The molecule has 0 spiro atoms. The molecule has 5 rings (SSSR count). The number of amides is 1. The number of rotatable bonds is 10. The lowest BCUT2D eigenvalue weighted by Crippen LogP contribution is -2.41. The molecule has 2 saturated carbocycles. The van der Waals surface area contributed by atoms with Gasteiger partial charge in [-0.2, -0.15) is 0 Å². The van der Waals surface area contributed by atoms with Crippen LogP contribution < -0.4 is 9.47 Å². The van der Waals surface area contributed by atoms with Crippen LogP contribution in [0.5, 0.6) is 11.5 Å². The highest BCUT2D eigenvalue weighted by Crippen LogP contribution is 2.40. The minimum atomic E-state index is 0.0967. The number of carbonyl (C=O) groups excluding carboxylic acids is 1. The number of aryl methyl sites for hydroxylation is 1. The Morgan fingerprint density at radius 2 is 1.71 bits per heavy atom. The van der Waals surface area contributed by atoms with Crippen molar-refractivity contribution in [2.24, 2.45) is 4.99 Å². The van der Waals surface area contributed by atoms with Crippen molar-refractivity contribution in [2.45, 2.75) is 103 Å². The Labute approximate surface area is 250 Å². The van der Waals surface area contributed by atoms with Gasteiger partial charge in [-0.3, -0.25) is 14.7 Å². The number of benzene rings is 2. The number of hydrogen-bond donors (Lipinski definition) is 0. The van der Waals surface area contributed by atoms with Crippen molar-refractivity contribution in [1.82, 2.24) is 4.90 Å². The van der Waals surface area contributed by atoms with Crippen LogP contribution in [0.3, 0.4) is 0 Å².